The zero-order chi connectivity index (χ0) is 13.7. The lowest BCUT2D eigenvalue weighted by atomic mass is 10.1. The van der Waals surface area contributed by atoms with Crippen LogP contribution in [-0.4, -0.2) is 4.40 Å². The van der Waals surface area contributed by atoms with Gasteiger partial charge < -0.3 is 4.42 Å². The van der Waals surface area contributed by atoms with Gasteiger partial charge in [-0.15, -0.1) is 0 Å². The molecule has 0 saturated heterocycles. The van der Waals surface area contributed by atoms with Crippen LogP contribution < -0.4 is 4.57 Å². The van der Waals surface area contributed by atoms with Gasteiger partial charge >= 0.3 is 5.71 Å². The number of hydrogen-bond acceptors (Lipinski definition) is 1. The van der Waals surface area contributed by atoms with Crippen LogP contribution in [0, 0.1) is 6.92 Å². The summed E-state index contributed by atoms with van der Waals surface area (Å²) < 4.78 is 10.2. The topological polar surface area (TPSA) is 21.4 Å². The molecular weight excluding hydrogens is 248 g/mol. The molecule has 0 aliphatic carbocycles. The van der Waals surface area contributed by atoms with Gasteiger partial charge in [-0.1, -0.05) is 30.3 Å². The van der Waals surface area contributed by atoms with Crippen molar-refractivity contribution in [2.24, 2.45) is 7.05 Å². The highest BCUT2D eigenvalue weighted by atomic mass is 16.3. The van der Waals surface area contributed by atoms with Crippen LogP contribution in [0.5, 0.6) is 0 Å². The molecule has 0 radical (unpaired) electrons. The Morgan fingerprint density at radius 3 is 2.60 bits per heavy atom. The van der Waals surface area contributed by atoms with Crippen LogP contribution in [0.1, 0.15) is 5.56 Å². The van der Waals surface area contributed by atoms with E-state index in [1.165, 1.54) is 11.1 Å². The van der Waals surface area contributed by atoms with E-state index in [-0.39, 0.29) is 0 Å². The minimum atomic E-state index is 0.868. The Morgan fingerprint density at radius 2 is 1.75 bits per heavy atom. The summed E-state index contributed by atoms with van der Waals surface area (Å²) in [7, 11) is 2.05. The number of aryl methyl sites for hydroxylation is 2. The summed E-state index contributed by atoms with van der Waals surface area (Å²) in [5.41, 5.74) is 5.36. The fourth-order valence-corrected chi connectivity index (χ4v) is 2.83. The van der Waals surface area contributed by atoms with Crippen LogP contribution in [0.15, 0.2) is 59.1 Å². The molecule has 2 heterocycles. The Morgan fingerprint density at radius 1 is 1.00 bits per heavy atom. The van der Waals surface area contributed by atoms with Gasteiger partial charge in [-0.3, -0.25) is 0 Å². The molecule has 0 spiro atoms. The van der Waals surface area contributed by atoms with E-state index in [9.17, 15) is 0 Å². The number of rotatable bonds is 1. The fraction of sp³-hybridized carbons (Fsp3) is 0.118. The predicted molar refractivity (Wildman–Crippen MR) is 78.5 cm³/mol. The van der Waals surface area contributed by atoms with E-state index in [0.29, 0.717) is 0 Å². The molecule has 98 valence electrons. The first-order valence-corrected chi connectivity index (χ1v) is 6.70. The quantitative estimate of drug-likeness (QED) is 0.482. The number of nitrogens with zero attached hydrogens (tertiary/aromatic N) is 2. The lowest BCUT2D eigenvalue weighted by molar-refractivity contribution is -0.658. The largest absolute Gasteiger partial charge is 0.416 e. The standard InChI is InChI=1S/C17H15N2O/c1-12-7-3-4-8-13(12)17-18(2)11-16-19(17)14-9-5-6-10-15(14)20-16/h3-11H,1-2H3/q+1. The molecule has 0 bridgehead atoms. The molecule has 0 fully saturated rings. The van der Waals surface area contributed by atoms with E-state index in [1.807, 2.05) is 24.4 Å². The number of para-hydroxylation sites is 2. The monoisotopic (exact) mass is 263 g/mol. The van der Waals surface area contributed by atoms with Crippen molar-refractivity contribution in [3.05, 3.63) is 60.3 Å². The molecule has 0 aliphatic rings. The third-order valence-corrected chi connectivity index (χ3v) is 3.78. The first-order valence-electron chi connectivity index (χ1n) is 6.70. The number of imidazole rings is 1. The van der Waals surface area contributed by atoms with Crippen LogP contribution in [0.25, 0.3) is 28.2 Å². The fourth-order valence-electron chi connectivity index (χ4n) is 2.83. The molecule has 0 atom stereocenters. The lowest BCUT2D eigenvalue weighted by Gasteiger charge is -2.01. The molecule has 0 amide bonds. The Kier molecular flexibility index (Phi) is 2.24. The van der Waals surface area contributed by atoms with Crippen LogP contribution in [-0.2, 0) is 7.05 Å². The molecule has 3 nitrogen and oxygen atoms in total. The zero-order valence-electron chi connectivity index (χ0n) is 11.5. The first-order chi connectivity index (χ1) is 9.75. The van der Waals surface area contributed by atoms with Gasteiger partial charge in [0.25, 0.3) is 5.82 Å². The molecule has 4 rings (SSSR count). The molecule has 0 N–H and O–H groups in total. The second kappa shape index (κ2) is 3.97. The molecule has 2 aromatic heterocycles. The van der Waals surface area contributed by atoms with Crippen molar-refractivity contribution in [2.75, 3.05) is 0 Å². The van der Waals surface area contributed by atoms with Gasteiger partial charge in [0.05, 0.1) is 12.6 Å². The molecule has 0 saturated carbocycles. The summed E-state index contributed by atoms with van der Waals surface area (Å²) in [4.78, 5) is 0. The summed E-state index contributed by atoms with van der Waals surface area (Å²) in [5, 5.41) is 0. The smallest absolute Gasteiger partial charge is 0.336 e. The minimum absolute atomic E-state index is 0.868. The molecule has 0 unspecified atom stereocenters. The van der Waals surface area contributed by atoms with Crippen molar-refractivity contribution in [2.45, 2.75) is 6.92 Å². The first kappa shape index (κ1) is 11.3. The minimum Gasteiger partial charge on any atom is -0.416 e. The highest BCUT2D eigenvalue weighted by Crippen LogP contribution is 2.27. The molecule has 3 heteroatoms. The van der Waals surface area contributed by atoms with Crippen molar-refractivity contribution in [1.82, 2.24) is 4.40 Å². The van der Waals surface area contributed by atoms with E-state index < -0.39 is 0 Å². The average Bonchev–Trinajstić information content (AvgIpc) is 2.94. The summed E-state index contributed by atoms with van der Waals surface area (Å²) in [6, 6.07) is 16.6. The van der Waals surface area contributed by atoms with Crippen LogP contribution >= 0.6 is 0 Å². The number of hydrogen-bond donors (Lipinski definition) is 0. The highest BCUT2D eigenvalue weighted by molar-refractivity contribution is 5.79. The Bertz CT molecular complexity index is 931. The number of fused-ring (bicyclic) bond motifs is 3. The van der Waals surface area contributed by atoms with E-state index in [4.69, 9.17) is 4.42 Å². The van der Waals surface area contributed by atoms with E-state index in [0.717, 1.165) is 22.6 Å². The van der Waals surface area contributed by atoms with Gasteiger partial charge in [-0.2, -0.15) is 4.40 Å². The zero-order valence-corrected chi connectivity index (χ0v) is 11.5. The average molecular weight is 263 g/mol. The van der Waals surface area contributed by atoms with Gasteiger partial charge in [0, 0.05) is 0 Å². The summed E-state index contributed by atoms with van der Waals surface area (Å²) in [6.45, 7) is 2.14. The normalized spacial score (nSPS) is 11.5. The maximum atomic E-state index is 5.92. The third-order valence-electron chi connectivity index (χ3n) is 3.78. The van der Waals surface area contributed by atoms with Crippen molar-refractivity contribution in [3.8, 4) is 11.4 Å². The maximum Gasteiger partial charge on any atom is 0.336 e. The second-order valence-electron chi connectivity index (χ2n) is 5.12. The molecule has 20 heavy (non-hydrogen) atoms. The maximum absolute atomic E-state index is 5.92. The van der Waals surface area contributed by atoms with Gasteiger partial charge in [0.15, 0.2) is 17.3 Å². The lowest BCUT2D eigenvalue weighted by Crippen LogP contribution is -2.28. The van der Waals surface area contributed by atoms with Crippen molar-refractivity contribution in [1.29, 1.82) is 0 Å². The number of benzene rings is 2. The summed E-state index contributed by atoms with van der Waals surface area (Å²) >= 11 is 0. The van der Waals surface area contributed by atoms with E-state index >= 15 is 0 Å². The Balaban J connectivity index is 2.18. The molecule has 4 aromatic rings. The van der Waals surface area contributed by atoms with Gasteiger partial charge in [0.1, 0.15) is 0 Å². The molecule has 0 aliphatic heterocycles. The number of aromatic nitrogens is 2. The van der Waals surface area contributed by atoms with Gasteiger partial charge in [-0.25, -0.2) is 4.57 Å². The van der Waals surface area contributed by atoms with Crippen molar-refractivity contribution >= 4 is 16.8 Å². The third kappa shape index (κ3) is 1.43. The van der Waals surface area contributed by atoms with Crippen LogP contribution in [0.3, 0.4) is 0 Å². The Hall–Kier alpha value is -2.55. The van der Waals surface area contributed by atoms with Crippen LogP contribution in [0.2, 0.25) is 0 Å². The molecule has 2 aromatic carbocycles. The molecular formula is C17H15N2O+. The van der Waals surface area contributed by atoms with Gasteiger partial charge in [-0.05, 0) is 30.7 Å². The summed E-state index contributed by atoms with van der Waals surface area (Å²) in [5.74, 6) is 1.14. The van der Waals surface area contributed by atoms with Crippen LogP contribution in [0.4, 0.5) is 0 Å². The SMILES string of the molecule is Cc1ccccc1-c1n2c(c[n+]1C)oc1ccccc12. The van der Waals surface area contributed by atoms with E-state index in [1.54, 1.807) is 0 Å². The van der Waals surface area contributed by atoms with Crippen molar-refractivity contribution in [3.63, 3.8) is 0 Å². The van der Waals surface area contributed by atoms with E-state index in [2.05, 4.69) is 53.3 Å². The number of oxazole rings is 1. The summed E-state index contributed by atoms with van der Waals surface area (Å²) in [6.07, 6.45) is 2.03. The Labute approximate surface area is 116 Å². The predicted octanol–water partition coefficient (Wildman–Crippen LogP) is 3.49. The highest BCUT2D eigenvalue weighted by Gasteiger charge is 2.24. The second-order valence-corrected chi connectivity index (χ2v) is 5.12. The van der Waals surface area contributed by atoms with Gasteiger partial charge in [0.2, 0.25) is 0 Å². The van der Waals surface area contributed by atoms with Crippen molar-refractivity contribution < 1.29 is 8.98 Å².